The molecule has 0 heterocycles. The maximum absolute atomic E-state index is 13.1. The molecule has 56 heavy (non-hydrogen) atoms. The van der Waals surface area contributed by atoms with Crippen LogP contribution in [-0.4, -0.2) is 42.2 Å². The Labute approximate surface area is 334 Å². The zero-order valence-electron chi connectivity index (χ0n) is 34.3. The first kappa shape index (κ1) is 48.1. The van der Waals surface area contributed by atoms with Gasteiger partial charge in [-0.25, -0.2) is 24.0 Å². The first-order valence-corrected chi connectivity index (χ1v) is 21.0. The van der Waals surface area contributed by atoms with Crippen LogP contribution in [0.25, 0.3) is 0 Å². The van der Waals surface area contributed by atoms with Crippen molar-refractivity contribution in [3.05, 3.63) is 70.8 Å². The highest BCUT2D eigenvalue weighted by Gasteiger charge is 2.31. The van der Waals surface area contributed by atoms with Crippen molar-refractivity contribution in [3.8, 4) is 0 Å². The minimum absolute atomic E-state index is 0.0944. The standard InChI is InChI=1S/C45H66O11/c1-5-7-9-11-13-15-17-19-21-23-25-39(53-55-41(46)37-31-27-35(3)28-32-37)43(48)51-45(50)52-44(49)40(26-24-22-20-18-16-14-12-10-8-6-2)54-56-42(47)38-33-29-36(4)30-34-38/h27-34,39-40H,5-26H2,1-4H3. The van der Waals surface area contributed by atoms with E-state index in [1.54, 1.807) is 48.5 Å². The largest absolute Gasteiger partial charge is 0.524 e. The van der Waals surface area contributed by atoms with Gasteiger partial charge in [0.2, 0.25) is 12.2 Å². The summed E-state index contributed by atoms with van der Waals surface area (Å²) in [5.41, 5.74) is 2.31. The fourth-order valence-electron chi connectivity index (χ4n) is 6.04. The van der Waals surface area contributed by atoms with Crippen LogP contribution in [0.2, 0.25) is 0 Å². The fourth-order valence-corrected chi connectivity index (χ4v) is 6.04. The van der Waals surface area contributed by atoms with Gasteiger partial charge in [-0.1, -0.05) is 178 Å². The molecule has 0 saturated carbocycles. The van der Waals surface area contributed by atoms with E-state index in [-0.39, 0.29) is 24.0 Å². The van der Waals surface area contributed by atoms with Crippen LogP contribution in [0, 0.1) is 13.8 Å². The lowest BCUT2D eigenvalue weighted by Gasteiger charge is -2.16. The van der Waals surface area contributed by atoms with E-state index < -0.39 is 42.2 Å². The number of ether oxygens (including phenoxy) is 2. The molecular formula is C45H66O11. The van der Waals surface area contributed by atoms with Crippen molar-refractivity contribution in [2.75, 3.05) is 0 Å². The zero-order valence-corrected chi connectivity index (χ0v) is 34.3. The molecule has 2 unspecified atom stereocenters. The van der Waals surface area contributed by atoms with E-state index in [9.17, 15) is 24.0 Å². The molecule has 312 valence electrons. The summed E-state index contributed by atoms with van der Waals surface area (Å²) < 4.78 is 9.68. The van der Waals surface area contributed by atoms with Gasteiger partial charge in [-0.3, -0.25) is 9.78 Å². The topological polar surface area (TPSA) is 141 Å². The Morgan fingerprint density at radius 1 is 0.429 bits per heavy atom. The molecule has 0 fully saturated rings. The molecule has 0 aliphatic heterocycles. The number of hydrogen-bond donors (Lipinski definition) is 0. The van der Waals surface area contributed by atoms with Crippen LogP contribution >= 0.6 is 0 Å². The van der Waals surface area contributed by atoms with Crippen molar-refractivity contribution < 1.29 is 53.0 Å². The summed E-state index contributed by atoms with van der Waals surface area (Å²) in [6.45, 7) is 8.13. The molecule has 11 heteroatoms. The number of carbonyl (C=O) groups is 5. The fraction of sp³-hybridized carbons (Fsp3) is 0.622. The second-order valence-electron chi connectivity index (χ2n) is 14.7. The SMILES string of the molecule is CCCCCCCCCCCCC(OOC(=O)c1ccc(C)cc1)C(=O)OC(=O)OC(=O)C(CCCCCCCCCCCC)OOC(=O)c1ccc(C)cc1. The smallest absolute Gasteiger partial charge is 0.358 e. The third-order valence-electron chi connectivity index (χ3n) is 9.59. The van der Waals surface area contributed by atoms with Crippen molar-refractivity contribution in [1.29, 1.82) is 0 Å². The summed E-state index contributed by atoms with van der Waals surface area (Å²) in [4.78, 5) is 84.5. The van der Waals surface area contributed by atoms with Gasteiger partial charge in [0.25, 0.3) is 0 Å². The summed E-state index contributed by atoms with van der Waals surface area (Å²) in [7, 11) is 0. The van der Waals surface area contributed by atoms with Gasteiger partial charge in [-0.2, -0.15) is 9.78 Å². The molecule has 0 amide bonds. The van der Waals surface area contributed by atoms with Crippen molar-refractivity contribution >= 4 is 30.0 Å². The minimum Gasteiger partial charge on any atom is -0.358 e. The number of hydrogen-bond acceptors (Lipinski definition) is 11. The average Bonchev–Trinajstić information content (AvgIpc) is 3.18. The molecule has 0 aliphatic carbocycles. The summed E-state index contributed by atoms with van der Waals surface area (Å²) in [6, 6.07) is 13.2. The third-order valence-corrected chi connectivity index (χ3v) is 9.59. The molecule has 0 aliphatic rings. The van der Waals surface area contributed by atoms with Gasteiger partial charge in [0.15, 0.2) is 0 Å². The summed E-state index contributed by atoms with van der Waals surface area (Å²) >= 11 is 0. The van der Waals surface area contributed by atoms with Gasteiger partial charge < -0.3 is 9.47 Å². The lowest BCUT2D eigenvalue weighted by Crippen LogP contribution is -2.34. The Hall–Kier alpha value is -4.09. The van der Waals surface area contributed by atoms with Crippen molar-refractivity contribution in [1.82, 2.24) is 0 Å². The van der Waals surface area contributed by atoms with Crippen LogP contribution in [-0.2, 0) is 38.6 Å². The van der Waals surface area contributed by atoms with E-state index in [0.29, 0.717) is 12.8 Å². The minimum atomic E-state index is -1.61. The number of benzene rings is 2. The van der Waals surface area contributed by atoms with Crippen LogP contribution in [0.5, 0.6) is 0 Å². The Bertz CT molecular complexity index is 1300. The number of unbranched alkanes of at least 4 members (excludes halogenated alkanes) is 18. The molecule has 2 aromatic carbocycles. The summed E-state index contributed by atoms with van der Waals surface area (Å²) in [5.74, 6) is -4.02. The highest BCUT2D eigenvalue weighted by Crippen LogP contribution is 2.18. The summed E-state index contributed by atoms with van der Waals surface area (Å²) in [5, 5.41) is 0. The molecule has 0 N–H and O–H groups in total. The molecular weight excluding hydrogens is 716 g/mol. The molecule has 0 spiro atoms. The zero-order chi connectivity index (χ0) is 40.8. The molecule has 0 radical (unpaired) electrons. The first-order valence-electron chi connectivity index (χ1n) is 21.0. The summed E-state index contributed by atoms with van der Waals surface area (Å²) in [6.07, 6.45) is 16.9. The van der Waals surface area contributed by atoms with Crippen molar-refractivity contribution in [2.24, 2.45) is 0 Å². The van der Waals surface area contributed by atoms with Crippen LogP contribution in [0.1, 0.15) is 187 Å². The second-order valence-corrected chi connectivity index (χ2v) is 14.7. The molecule has 2 rings (SSSR count). The number of esters is 2. The lowest BCUT2D eigenvalue weighted by atomic mass is 10.0. The maximum atomic E-state index is 13.1. The van der Waals surface area contributed by atoms with Gasteiger partial charge in [-0.15, -0.1) is 0 Å². The normalized spacial score (nSPS) is 12.1. The maximum Gasteiger partial charge on any atom is 0.524 e. The highest BCUT2D eigenvalue weighted by molar-refractivity contribution is 5.92. The van der Waals surface area contributed by atoms with Crippen molar-refractivity contribution in [3.63, 3.8) is 0 Å². The molecule has 2 atom stereocenters. The molecule has 0 saturated heterocycles. The van der Waals surface area contributed by atoms with Gasteiger partial charge in [-0.05, 0) is 51.0 Å². The van der Waals surface area contributed by atoms with E-state index in [1.165, 1.54) is 64.2 Å². The molecule has 2 aromatic rings. The lowest BCUT2D eigenvalue weighted by molar-refractivity contribution is -0.276. The monoisotopic (exact) mass is 782 g/mol. The van der Waals surface area contributed by atoms with Crippen molar-refractivity contribution in [2.45, 2.75) is 181 Å². The molecule has 0 aromatic heterocycles. The Morgan fingerprint density at radius 3 is 1.02 bits per heavy atom. The van der Waals surface area contributed by atoms with E-state index in [2.05, 4.69) is 13.8 Å². The second kappa shape index (κ2) is 30.1. The van der Waals surface area contributed by atoms with E-state index in [4.69, 9.17) is 29.0 Å². The molecule has 11 nitrogen and oxygen atoms in total. The Balaban J connectivity index is 1.96. The quantitative estimate of drug-likeness (QED) is 0.0246. The van der Waals surface area contributed by atoms with Crippen LogP contribution in [0.4, 0.5) is 4.79 Å². The van der Waals surface area contributed by atoms with Crippen LogP contribution in [0.15, 0.2) is 48.5 Å². The third kappa shape index (κ3) is 21.9. The molecule has 0 bridgehead atoms. The van der Waals surface area contributed by atoms with Crippen LogP contribution in [0.3, 0.4) is 0 Å². The van der Waals surface area contributed by atoms with E-state index in [0.717, 1.165) is 62.5 Å². The van der Waals surface area contributed by atoms with Gasteiger partial charge >= 0.3 is 30.0 Å². The van der Waals surface area contributed by atoms with Gasteiger partial charge in [0, 0.05) is 0 Å². The predicted octanol–water partition coefficient (Wildman–Crippen LogP) is 11.7. The Kier molecular flexibility index (Phi) is 25.8. The number of rotatable bonds is 30. The van der Waals surface area contributed by atoms with Gasteiger partial charge in [0.1, 0.15) is 0 Å². The van der Waals surface area contributed by atoms with Crippen LogP contribution < -0.4 is 0 Å². The Morgan fingerprint density at radius 2 is 0.714 bits per heavy atom. The number of carbonyl (C=O) groups excluding carboxylic acids is 5. The van der Waals surface area contributed by atoms with E-state index in [1.807, 2.05) is 13.8 Å². The first-order chi connectivity index (χ1) is 27.1. The van der Waals surface area contributed by atoms with Gasteiger partial charge in [0.05, 0.1) is 11.1 Å². The highest BCUT2D eigenvalue weighted by atomic mass is 17.2. The van der Waals surface area contributed by atoms with E-state index >= 15 is 0 Å². The average molecular weight is 783 g/mol. The predicted molar refractivity (Wildman–Crippen MR) is 213 cm³/mol. The number of aryl methyl sites for hydroxylation is 2.